The maximum atomic E-state index is 12.5. The van der Waals surface area contributed by atoms with Crippen molar-refractivity contribution in [3.8, 4) is 0 Å². The van der Waals surface area contributed by atoms with Crippen LogP contribution in [0.15, 0.2) is 34.0 Å². The molecule has 1 aromatic rings. The van der Waals surface area contributed by atoms with E-state index in [1.54, 1.807) is 13.0 Å². The second-order valence-corrected chi connectivity index (χ2v) is 12.5. The number of aliphatic hydroxyl groups excluding tert-OH is 5. The van der Waals surface area contributed by atoms with Gasteiger partial charge in [0, 0.05) is 18.7 Å². The fraction of sp³-hybridized carbons (Fsp3) is 0.774. The first-order chi connectivity index (χ1) is 20.9. The molecule has 0 aromatic carbocycles. The number of hydrogen-bond acceptors (Lipinski definition) is 10. The molecule has 1 aromatic heterocycles. The number of amides is 1. The lowest BCUT2D eigenvalue weighted by atomic mass is 9.89. The van der Waals surface area contributed by atoms with Gasteiger partial charge in [-0.15, -0.1) is 0 Å². The minimum absolute atomic E-state index is 0.289. The van der Waals surface area contributed by atoms with Gasteiger partial charge in [-0.25, -0.2) is 4.79 Å². The van der Waals surface area contributed by atoms with Crippen LogP contribution in [0.4, 0.5) is 0 Å². The Labute approximate surface area is 257 Å². The van der Waals surface area contributed by atoms with E-state index in [0.29, 0.717) is 0 Å². The number of H-pyrrole nitrogens is 1. The average molecular weight is 626 g/mol. The van der Waals surface area contributed by atoms with Gasteiger partial charge in [-0.3, -0.25) is 19.1 Å². The molecule has 0 bridgehead atoms. The standard InChI is InChI=1S/C31H51N3O10/c1-18(2)13-11-9-7-5-4-6-8-10-12-14-22(36)32-24-19(3)43-21(25(38)26(24)39)17-20(35)29-27(40)28(41)30(44-29)34-16-15-23(37)33-31(34)42/h12,14-16,18-21,24-30,35,38-41H,4-11,13,17H2,1-3H3,(H,32,36)(H,33,37,42)/b14-12-/t19-,20+,21+,24-,25-,26+,27-,28+,29+,30+/m0/s1. The van der Waals surface area contributed by atoms with Crippen LogP contribution < -0.4 is 16.6 Å². The van der Waals surface area contributed by atoms with Crippen LogP contribution in [-0.4, -0.2) is 95.9 Å². The Morgan fingerprint density at radius 1 is 0.977 bits per heavy atom. The number of allylic oxidation sites excluding steroid dienone is 1. The molecule has 2 saturated heterocycles. The van der Waals surface area contributed by atoms with E-state index in [9.17, 15) is 39.9 Å². The van der Waals surface area contributed by atoms with Gasteiger partial charge < -0.3 is 40.3 Å². The molecule has 10 atom stereocenters. The number of nitrogens with one attached hydrogen (secondary N) is 2. The third-order valence-electron chi connectivity index (χ3n) is 8.48. The van der Waals surface area contributed by atoms with Gasteiger partial charge in [-0.1, -0.05) is 64.9 Å². The number of aliphatic hydroxyl groups is 5. The summed E-state index contributed by atoms with van der Waals surface area (Å²) in [4.78, 5) is 38.0. The van der Waals surface area contributed by atoms with E-state index in [4.69, 9.17) is 9.47 Å². The lowest BCUT2D eigenvalue weighted by Crippen LogP contribution is -2.63. The van der Waals surface area contributed by atoms with Gasteiger partial charge in [0.2, 0.25) is 5.91 Å². The molecule has 13 nitrogen and oxygen atoms in total. The molecule has 0 spiro atoms. The molecular formula is C31H51N3O10. The van der Waals surface area contributed by atoms with Crippen molar-refractivity contribution in [3.05, 3.63) is 45.3 Å². The molecule has 0 saturated carbocycles. The number of rotatable bonds is 16. The Kier molecular flexibility index (Phi) is 14.2. The van der Waals surface area contributed by atoms with Crippen LogP contribution in [0.2, 0.25) is 0 Å². The first kappa shape index (κ1) is 36.1. The Hall–Kier alpha value is -2.39. The molecule has 7 N–H and O–H groups in total. The summed E-state index contributed by atoms with van der Waals surface area (Å²) in [6, 6.07) is 0.143. The van der Waals surface area contributed by atoms with Gasteiger partial charge in [0.25, 0.3) is 5.56 Å². The highest BCUT2D eigenvalue weighted by Crippen LogP contribution is 2.33. The second kappa shape index (κ2) is 17.3. The summed E-state index contributed by atoms with van der Waals surface area (Å²) in [5.74, 6) is 0.351. The summed E-state index contributed by atoms with van der Waals surface area (Å²) < 4.78 is 12.3. The van der Waals surface area contributed by atoms with Crippen LogP contribution in [0, 0.1) is 5.92 Å². The zero-order valence-electron chi connectivity index (χ0n) is 26.0. The maximum absolute atomic E-state index is 12.5. The molecule has 13 heteroatoms. The fourth-order valence-corrected chi connectivity index (χ4v) is 5.88. The van der Waals surface area contributed by atoms with E-state index in [0.717, 1.165) is 42.0 Å². The van der Waals surface area contributed by atoms with Gasteiger partial charge in [-0.05, 0) is 31.8 Å². The topological polar surface area (TPSA) is 204 Å². The number of aromatic amines is 1. The van der Waals surface area contributed by atoms with Gasteiger partial charge in [0.1, 0.15) is 30.5 Å². The number of carbonyl (C=O) groups excluding carboxylic acids is 1. The quantitative estimate of drug-likeness (QED) is 0.101. The van der Waals surface area contributed by atoms with Gasteiger partial charge in [0.05, 0.1) is 24.4 Å². The summed E-state index contributed by atoms with van der Waals surface area (Å²) in [7, 11) is 0. The van der Waals surface area contributed by atoms with Crippen LogP contribution in [-0.2, 0) is 14.3 Å². The van der Waals surface area contributed by atoms with Gasteiger partial charge in [-0.2, -0.15) is 0 Å². The zero-order valence-corrected chi connectivity index (χ0v) is 26.0. The SMILES string of the molecule is CC(C)CCCCCCCCC/C=C\C(=O)N[C@@H]1[C@@H](O)[C@@H](O)[C@@H](C[C@@H](O)[C@H]2O[C@@H](n3ccc(=O)[nH]c3=O)[C@H](O)[C@@H]2O)O[C@H]1C. The predicted octanol–water partition coefficient (Wildman–Crippen LogP) is 0.624. The molecule has 2 aliphatic rings. The molecule has 3 rings (SSSR count). The number of aromatic nitrogens is 2. The van der Waals surface area contributed by atoms with Gasteiger partial charge in [0.15, 0.2) is 6.23 Å². The number of hydrogen-bond donors (Lipinski definition) is 7. The van der Waals surface area contributed by atoms with E-state index in [2.05, 4.69) is 19.2 Å². The largest absolute Gasteiger partial charge is 0.390 e. The third kappa shape index (κ3) is 10.1. The Bertz CT molecular complexity index is 1170. The van der Waals surface area contributed by atoms with E-state index < -0.39 is 78.3 Å². The van der Waals surface area contributed by atoms with E-state index in [1.807, 2.05) is 4.98 Å². The monoisotopic (exact) mass is 625 g/mol. The highest BCUT2D eigenvalue weighted by molar-refractivity contribution is 5.87. The van der Waals surface area contributed by atoms with Crippen molar-refractivity contribution >= 4 is 5.91 Å². The van der Waals surface area contributed by atoms with E-state index in [1.165, 1.54) is 44.6 Å². The van der Waals surface area contributed by atoms with E-state index in [-0.39, 0.29) is 6.42 Å². The molecule has 2 aliphatic heterocycles. The molecular weight excluding hydrogens is 574 g/mol. The van der Waals surface area contributed by atoms with Crippen molar-refractivity contribution in [2.24, 2.45) is 5.92 Å². The molecule has 1 amide bonds. The zero-order chi connectivity index (χ0) is 32.4. The third-order valence-corrected chi connectivity index (χ3v) is 8.48. The number of carbonyl (C=O) groups is 1. The fourth-order valence-electron chi connectivity index (χ4n) is 5.88. The summed E-state index contributed by atoms with van der Waals surface area (Å²) >= 11 is 0. The minimum Gasteiger partial charge on any atom is -0.390 e. The lowest BCUT2D eigenvalue weighted by molar-refractivity contribution is -0.195. The molecule has 0 radical (unpaired) electrons. The van der Waals surface area contributed by atoms with Gasteiger partial charge >= 0.3 is 5.69 Å². The first-order valence-electron chi connectivity index (χ1n) is 15.9. The van der Waals surface area contributed by atoms with Crippen molar-refractivity contribution < 1.29 is 39.8 Å². The van der Waals surface area contributed by atoms with Crippen molar-refractivity contribution in [2.75, 3.05) is 0 Å². The number of nitrogens with zero attached hydrogens (tertiary/aromatic N) is 1. The average Bonchev–Trinajstić information content (AvgIpc) is 3.26. The number of unbranched alkanes of at least 4 members (excludes halogenated alkanes) is 7. The molecule has 3 heterocycles. The van der Waals surface area contributed by atoms with Crippen LogP contribution in [0.1, 0.15) is 91.2 Å². The van der Waals surface area contributed by atoms with Crippen LogP contribution >= 0.6 is 0 Å². The summed E-state index contributed by atoms with van der Waals surface area (Å²) in [6.45, 7) is 6.12. The van der Waals surface area contributed by atoms with Crippen LogP contribution in [0.25, 0.3) is 0 Å². The van der Waals surface area contributed by atoms with Crippen molar-refractivity contribution in [3.63, 3.8) is 0 Å². The van der Waals surface area contributed by atoms with Crippen molar-refractivity contribution in [1.29, 1.82) is 0 Å². The summed E-state index contributed by atoms with van der Waals surface area (Å²) in [5.41, 5.74) is -1.52. The Morgan fingerprint density at radius 3 is 2.30 bits per heavy atom. The molecule has 2 fully saturated rings. The van der Waals surface area contributed by atoms with Crippen molar-refractivity contribution in [2.45, 2.75) is 146 Å². The van der Waals surface area contributed by atoms with E-state index >= 15 is 0 Å². The second-order valence-electron chi connectivity index (χ2n) is 12.5. The minimum atomic E-state index is -1.60. The molecule has 0 unspecified atom stereocenters. The smallest absolute Gasteiger partial charge is 0.330 e. The molecule has 44 heavy (non-hydrogen) atoms. The first-order valence-corrected chi connectivity index (χ1v) is 15.9. The van der Waals surface area contributed by atoms with Crippen LogP contribution in [0.3, 0.4) is 0 Å². The predicted molar refractivity (Wildman–Crippen MR) is 162 cm³/mol. The Balaban J connectivity index is 1.42. The Morgan fingerprint density at radius 2 is 1.64 bits per heavy atom. The lowest BCUT2D eigenvalue weighted by Gasteiger charge is -2.42. The highest BCUT2D eigenvalue weighted by Gasteiger charge is 2.50. The molecule has 0 aliphatic carbocycles. The number of ether oxygens (including phenoxy) is 2. The van der Waals surface area contributed by atoms with Crippen LogP contribution in [0.5, 0.6) is 0 Å². The highest BCUT2D eigenvalue weighted by atomic mass is 16.6. The normalized spacial score (nSPS) is 31.5. The van der Waals surface area contributed by atoms with Crippen molar-refractivity contribution in [1.82, 2.24) is 14.9 Å². The maximum Gasteiger partial charge on any atom is 0.330 e. The molecule has 250 valence electrons. The summed E-state index contributed by atoms with van der Waals surface area (Å²) in [6.07, 6.45) is 2.32. The summed E-state index contributed by atoms with van der Waals surface area (Å²) in [5, 5.41) is 56.0.